The molecule has 1 N–H and O–H groups in total. The Morgan fingerprint density at radius 3 is 3.13 bits per heavy atom. The molecule has 0 spiro atoms. The lowest BCUT2D eigenvalue weighted by atomic mass is 10.0. The molecule has 0 saturated carbocycles. The van der Waals surface area contributed by atoms with E-state index in [2.05, 4.69) is 19.2 Å². The predicted octanol–water partition coefficient (Wildman–Crippen LogP) is 2.03. The van der Waals surface area contributed by atoms with Crippen LogP contribution in [0.5, 0.6) is 0 Å². The normalized spacial score (nSPS) is 39.3. The summed E-state index contributed by atoms with van der Waals surface area (Å²) in [4.78, 5) is 4.72. The summed E-state index contributed by atoms with van der Waals surface area (Å²) in [5.41, 5.74) is 0.249. The van der Waals surface area contributed by atoms with Gasteiger partial charge in [0.15, 0.2) is 5.17 Å². The van der Waals surface area contributed by atoms with Gasteiger partial charge in [-0.05, 0) is 26.2 Å². The van der Waals surface area contributed by atoms with Crippen LogP contribution in [0.15, 0.2) is 4.99 Å². The van der Waals surface area contributed by atoms with Crippen molar-refractivity contribution >= 4 is 16.9 Å². The minimum atomic E-state index is 0.249. The molecule has 0 amide bonds. The molecule has 0 aliphatic carbocycles. The molecule has 2 heterocycles. The van der Waals surface area contributed by atoms with Crippen molar-refractivity contribution in [1.82, 2.24) is 5.32 Å². The van der Waals surface area contributed by atoms with Crippen LogP contribution in [0, 0.1) is 0 Å². The topological polar surface area (TPSA) is 33.6 Å². The molecule has 4 heteroatoms. The maximum Gasteiger partial charge on any atom is 0.157 e. The Morgan fingerprint density at radius 2 is 2.53 bits per heavy atom. The number of amidine groups is 1. The van der Waals surface area contributed by atoms with Gasteiger partial charge in [-0.3, -0.25) is 4.99 Å². The Hall–Kier alpha value is -0.220. The van der Waals surface area contributed by atoms with E-state index in [9.17, 15) is 0 Å². The van der Waals surface area contributed by atoms with Crippen molar-refractivity contribution in [2.75, 3.05) is 19.0 Å². The van der Waals surface area contributed by atoms with Gasteiger partial charge in [-0.25, -0.2) is 0 Å². The SMILES string of the molecule is CCC1(C)CSC(=NC2CCCOC2)N1. The van der Waals surface area contributed by atoms with Crippen molar-refractivity contribution in [3.8, 4) is 0 Å². The van der Waals surface area contributed by atoms with Crippen LogP contribution in [0.2, 0.25) is 0 Å². The molecular weight excluding hydrogens is 208 g/mol. The molecular formula is C11H20N2OS. The van der Waals surface area contributed by atoms with E-state index in [0.717, 1.165) is 37.0 Å². The Labute approximate surface area is 96.1 Å². The fraction of sp³-hybridized carbons (Fsp3) is 0.909. The van der Waals surface area contributed by atoms with E-state index in [1.54, 1.807) is 0 Å². The van der Waals surface area contributed by atoms with Crippen molar-refractivity contribution in [2.24, 2.45) is 4.99 Å². The first kappa shape index (κ1) is 11.3. The highest BCUT2D eigenvalue weighted by Gasteiger charge is 2.31. The average molecular weight is 228 g/mol. The standard InChI is InChI=1S/C11H20N2OS/c1-3-11(2)8-15-10(13-11)12-9-5-4-6-14-7-9/h9H,3-8H2,1-2H3,(H,12,13). The zero-order chi connectivity index (χ0) is 10.7. The lowest BCUT2D eigenvalue weighted by Gasteiger charge is -2.22. The lowest BCUT2D eigenvalue weighted by Crippen LogP contribution is -2.40. The van der Waals surface area contributed by atoms with Crippen LogP contribution in [0.1, 0.15) is 33.1 Å². The Kier molecular flexibility index (Phi) is 3.57. The molecule has 0 bridgehead atoms. The second-order valence-electron chi connectivity index (χ2n) is 4.63. The van der Waals surface area contributed by atoms with Gasteiger partial charge < -0.3 is 10.1 Å². The number of rotatable bonds is 2. The van der Waals surface area contributed by atoms with E-state index in [1.165, 1.54) is 6.42 Å². The fourth-order valence-corrected chi connectivity index (χ4v) is 3.08. The zero-order valence-corrected chi connectivity index (χ0v) is 10.4. The second kappa shape index (κ2) is 4.74. The Morgan fingerprint density at radius 1 is 1.67 bits per heavy atom. The van der Waals surface area contributed by atoms with Gasteiger partial charge in [-0.15, -0.1) is 0 Å². The van der Waals surface area contributed by atoms with Crippen molar-refractivity contribution in [3.05, 3.63) is 0 Å². The summed E-state index contributed by atoms with van der Waals surface area (Å²) in [6.45, 7) is 6.20. The molecule has 2 aliphatic rings. The third-order valence-corrected chi connectivity index (χ3v) is 4.41. The van der Waals surface area contributed by atoms with E-state index < -0.39 is 0 Å². The van der Waals surface area contributed by atoms with Gasteiger partial charge >= 0.3 is 0 Å². The highest BCUT2D eigenvalue weighted by molar-refractivity contribution is 8.14. The number of thioether (sulfide) groups is 1. The summed E-state index contributed by atoms with van der Waals surface area (Å²) < 4.78 is 5.43. The van der Waals surface area contributed by atoms with Gasteiger partial charge in [-0.2, -0.15) is 0 Å². The molecule has 2 unspecified atom stereocenters. The van der Waals surface area contributed by atoms with Gasteiger partial charge in [0, 0.05) is 17.9 Å². The minimum absolute atomic E-state index is 0.249. The number of hydrogen-bond acceptors (Lipinski definition) is 3. The summed E-state index contributed by atoms with van der Waals surface area (Å²) in [5, 5.41) is 4.64. The van der Waals surface area contributed by atoms with Crippen molar-refractivity contribution in [1.29, 1.82) is 0 Å². The van der Waals surface area contributed by atoms with Crippen LogP contribution in [0.4, 0.5) is 0 Å². The minimum Gasteiger partial charge on any atom is -0.379 e. The highest BCUT2D eigenvalue weighted by atomic mass is 32.2. The van der Waals surface area contributed by atoms with Gasteiger partial charge in [-0.1, -0.05) is 18.7 Å². The van der Waals surface area contributed by atoms with Crippen molar-refractivity contribution in [3.63, 3.8) is 0 Å². The third kappa shape index (κ3) is 2.88. The summed E-state index contributed by atoms with van der Waals surface area (Å²) in [5.74, 6) is 1.13. The fourth-order valence-electron chi connectivity index (χ4n) is 1.81. The third-order valence-electron chi connectivity index (χ3n) is 3.15. The predicted molar refractivity (Wildman–Crippen MR) is 65.6 cm³/mol. The molecule has 86 valence electrons. The quantitative estimate of drug-likeness (QED) is 0.785. The van der Waals surface area contributed by atoms with Crippen molar-refractivity contribution < 1.29 is 4.74 Å². The highest BCUT2D eigenvalue weighted by Crippen LogP contribution is 2.26. The first-order valence-corrected chi connectivity index (χ1v) is 6.77. The molecule has 2 fully saturated rings. The largest absolute Gasteiger partial charge is 0.379 e. The van der Waals surface area contributed by atoms with E-state index in [4.69, 9.17) is 9.73 Å². The monoisotopic (exact) mass is 228 g/mol. The smallest absolute Gasteiger partial charge is 0.157 e. The van der Waals surface area contributed by atoms with Crippen LogP contribution in [-0.4, -0.2) is 35.7 Å². The molecule has 2 saturated heterocycles. The van der Waals surface area contributed by atoms with E-state index in [0.29, 0.717) is 6.04 Å². The van der Waals surface area contributed by atoms with Crippen LogP contribution >= 0.6 is 11.8 Å². The molecule has 0 aromatic heterocycles. The molecule has 0 aromatic rings. The average Bonchev–Trinajstić information content (AvgIpc) is 2.63. The Balaban J connectivity index is 1.91. The maximum absolute atomic E-state index is 5.43. The van der Waals surface area contributed by atoms with Crippen LogP contribution in [-0.2, 0) is 4.74 Å². The summed E-state index contributed by atoms with van der Waals surface area (Å²) >= 11 is 1.85. The zero-order valence-electron chi connectivity index (χ0n) is 9.58. The number of ether oxygens (including phenoxy) is 1. The van der Waals surface area contributed by atoms with Gasteiger partial charge in [0.2, 0.25) is 0 Å². The number of nitrogens with one attached hydrogen (secondary N) is 1. The first-order chi connectivity index (χ1) is 7.22. The number of nitrogens with zero attached hydrogens (tertiary/aromatic N) is 1. The summed E-state index contributed by atoms with van der Waals surface area (Å²) in [7, 11) is 0. The van der Waals surface area contributed by atoms with E-state index >= 15 is 0 Å². The maximum atomic E-state index is 5.43. The van der Waals surface area contributed by atoms with Crippen LogP contribution < -0.4 is 5.32 Å². The van der Waals surface area contributed by atoms with Crippen LogP contribution in [0.25, 0.3) is 0 Å². The van der Waals surface area contributed by atoms with Gasteiger partial charge in [0.1, 0.15) is 0 Å². The van der Waals surface area contributed by atoms with Crippen LogP contribution in [0.3, 0.4) is 0 Å². The molecule has 0 radical (unpaired) electrons. The second-order valence-corrected chi connectivity index (χ2v) is 5.60. The number of hydrogen-bond donors (Lipinski definition) is 1. The van der Waals surface area contributed by atoms with Gasteiger partial charge in [0.25, 0.3) is 0 Å². The van der Waals surface area contributed by atoms with E-state index in [-0.39, 0.29) is 5.54 Å². The molecule has 15 heavy (non-hydrogen) atoms. The van der Waals surface area contributed by atoms with E-state index in [1.807, 2.05) is 11.8 Å². The molecule has 0 aromatic carbocycles. The van der Waals surface area contributed by atoms with Gasteiger partial charge in [0.05, 0.1) is 12.6 Å². The Bertz CT molecular complexity index is 251. The first-order valence-electron chi connectivity index (χ1n) is 5.78. The lowest BCUT2D eigenvalue weighted by molar-refractivity contribution is 0.0828. The summed E-state index contributed by atoms with van der Waals surface area (Å²) in [6.07, 6.45) is 3.48. The molecule has 3 nitrogen and oxygen atoms in total. The summed E-state index contributed by atoms with van der Waals surface area (Å²) in [6, 6.07) is 0.382. The number of aliphatic imine (C=N–C) groups is 1. The molecule has 2 rings (SSSR count). The van der Waals surface area contributed by atoms with Crippen molar-refractivity contribution in [2.45, 2.75) is 44.7 Å². The molecule has 2 atom stereocenters. The molecule has 2 aliphatic heterocycles.